The summed E-state index contributed by atoms with van der Waals surface area (Å²) >= 11 is 0. The van der Waals surface area contributed by atoms with Crippen molar-refractivity contribution in [3.8, 4) is 78.7 Å². The van der Waals surface area contributed by atoms with Gasteiger partial charge in [0.2, 0.25) is 0 Å². The number of nitrogens with zero attached hydrogens (tertiary/aromatic N) is 3. The molecular formula is C55H35N3O. The Hall–Kier alpha value is -7.95. The molecule has 0 fully saturated rings. The van der Waals surface area contributed by atoms with E-state index >= 15 is 0 Å². The first-order chi connectivity index (χ1) is 29.2. The first kappa shape index (κ1) is 34.3. The van der Waals surface area contributed by atoms with Gasteiger partial charge in [0, 0.05) is 33.0 Å². The maximum atomic E-state index is 7.01. The molecule has 11 aromatic rings. The van der Waals surface area contributed by atoms with E-state index in [4.69, 9.17) is 19.4 Å². The maximum absolute atomic E-state index is 7.01. The summed E-state index contributed by atoms with van der Waals surface area (Å²) in [7, 11) is 0. The van der Waals surface area contributed by atoms with Gasteiger partial charge in [-0.05, 0) is 92.2 Å². The molecule has 0 bridgehead atoms. The van der Waals surface area contributed by atoms with E-state index in [0.717, 1.165) is 72.0 Å². The summed E-state index contributed by atoms with van der Waals surface area (Å²) in [6, 6.07) is 74.1. The first-order valence-electron chi connectivity index (χ1n) is 19.8. The number of fused-ring (bicyclic) bond motifs is 5. The lowest BCUT2D eigenvalue weighted by molar-refractivity contribution is 0.670. The van der Waals surface area contributed by atoms with Crippen molar-refractivity contribution in [2.24, 2.45) is 0 Å². The van der Waals surface area contributed by atoms with Crippen molar-refractivity contribution < 1.29 is 4.42 Å². The van der Waals surface area contributed by atoms with Crippen molar-refractivity contribution >= 4 is 32.7 Å². The highest BCUT2D eigenvalue weighted by molar-refractivity contribution is 6.23. The molecule has 0 N–H and O–H groups in total. The standard InChI is InChI=1S/C55H35N3O/c1-5-16-36(17-6-1)44-31-45(37-18-7-2-8-19-37)33-46(32-44)49-34-42-24-13-14-27-47(42)51-48-29-28-41(35-50(48)59-52(49)51)40-25-15-26-43(30-40)55-57-53(38-20-9-3-10-21-38)56-54(58-55)39-22-11-4-12-23-39/h1-35H. The predicted molar refractivity (Wildman–Crippen MR) is 243 cm³/mol. The van der Waals surface area contributed by atoms with E-state index in [1.165, 1.54) is 21.9 Å². The van der Waals surface area contributed by atoms with Gasteiger partial charge in [-0.3, -0.25) is 0 Å². The SMILES string of the molecule is c1ccc(-c2cc(-c3ccccc3)cc(-c3cc4ccccc4c4c3oc3cc(-c5cccc(-c6nc(-c7ccccc7)nc(-c7ccccc7)n6)c5)ccc34)c2)cc1. The number of aromatic nitrogens is 3. The number of hydrogen-bond donors (Lipinski definition) is 0. The fourth-order valence-electron chi connectivity index (χ4n) is 8.17. The Labute approximate surface area is 341 Å². The first-order valence-corrected chi connectivity index (χ1v) is 19.8. The number of furan rings is 1. The van der Waals surface area contributed by atoms with Gasteiger partial charge in [0.25, 0.3) is 0 Å². The number of rotatable bonds is 7. The van der Waals surface area contributed by atoms with Crippen molar-refractivity contribution in [3.05, 3.63) is 212 Å². The fourth-order valence-corrected chi connectivity index (χ4v) is 8.17. The summed E-state index contributed by atoms with van der Waals surface area (Å²) in [6.07, 6.45) is 0. The Morgan fingerprint density at radius 3 is 1.36 bits per heavy atom. The van der Waals surface area contributed by atoms with Crippen LogP contribution in [0, 0.1) is 0 Å². The van der Waals surface area contributed by atoms with Gasteiger partial charge >= 0.3 is 0 Å². The van der Waals surface area contributed by atoms with Gasteiger partial charge in [0.15, 0.2) is 17.5 Å². The molecule has 0 saturated heterocycles. The highest BCUT2D eigenvalue weighted by Crippen LogP contribution is 2.44. The van der Waals surface area contributed by atoms with Crippen LogP contribution in [0.1, 0.15) is 0 Å². The molecular weight excluding hydrogens is 719 g/mol. The van der Waals surface area contributed by atoms with Crippen LogP contribution in [0.4, 0.5) is 0 Å². The van der Waals surface area contributed by atoms with E-state index in [2.05, 4.69) is 152 Å². The molecule has 4 heteroatoms. The molecule has 11 rings (SSSR count). The van der Waals surface area contributed by atoms with E-state index < -0.39 is 0 Å². The lowest BCUT2D eigenvalue weighted by atomic mass is 9.91. The molecule has 0 aliphatic heterocycles. The zero-order valence-corrected chi connectivity index (χ0v) is 32.0. The summed E-state index contributed by atoms with van der Waals surface area (Å²) in [4.78, 5) is 14.9. The van der Waals surface area contributed by atoms with Crippen LogP contribution >= 0.6 is 0 Å². The largest absolute Gasteiger partial charge is 0.455 e. The summed E-state index contributed by atoms with van der Waals surface area (Å²) in [5.41, 5.74) is 13.4. The van der Waals surface area contributed by atoms with Crippen LogP contribution in [0.15, 0.2) is 217 Å². The van der Waals surface area contributed by atoms with Crippen molar-refractivity contribution in [2.45, 2.75) is 0 Å². The van der Waals surface area contributed by atoms with Crippen LogP contribution in [0.25, 0.3) is 111 Å². The van der Waals surface area contributed by atoms with Crippen LogP contribution in [0.3, 0.4) is 0 Å². The third-order valence-electron chi connectivity index (χ3n) is 11.1. The molecule has 0 saturated carbocycles. The monoisotopic (exact) mass is 753 g/mol. The Balaban J connectivity index is 1.06. The highest BCUT2D eigenvalue weighted by Gasteiger charge is 2.19. The van der Waals surface area contributed by atoms with Crippen LogP contribution < -0.4 is 0 Å². The summed E-state index contributed by atoms with van der Waals surface area (Å²) in [5.74, 6) is 1.89. The molecule has 2 heterocycles. The van der Waals surface area contributed by atoms with Gasteiger partial charge < -0.3 is 4.42 Å². The lowest BCUT2D eigenvalue weighted by Crippen LogP contribution is -2.00. The lowest BCUT2D eigenvalue weighted by Gasteiger charge is -2.13. The smallest absolute Gasteiger partial charge is 0.164 e. The third-order valence-corrected chi connectivity index (χ3v) is 11.1. The Kier molecular flexibility index (Phi) is 8.45. The van der Waals surface area contributed by atoms with Crippen LogP contribution in [-0.4, -0.2) is 15.0 Å². The average molecular weight is 754 g/mol. The third kappa shape index (κ3) is 6.43. The van der Waals surface area contributed by atoms with E-state index in [9.17, 15) is 0 Å². The molecule has 9 aromatic carbocycles. The minimum absolute atomic E-state index is 0.619. The minimum atomic E-state index is 0.619. The summed E-state index contributed by atoms with van der Waals surface area (Å²) < 4.78 is 7.01. The zero-order chi connectivity index (χ0) is 39.1. The molecule has 0 radical (unpaired) electrons. The minimum Gasteiger partial charge on any atom is -0.455 e. The average Bonchev–Trinajstić information content (AvgIpc) is 3.71. The quantitative estimate of drug-likeness (QED) is 0.163. The van der Waals surface area contributed by atoms with Crippen molar-refractivity contribution in [1.82, 2.24) is 15.0 Å². The second-order valence-corrected chi connectivity index (χ2v) is 14.8. The number of hydrogen-bond acceptors (Lipinski definition) is 4. The van der Waals surface area contributed by atoms with E-state index in [0.29, 0.717) is 17.5 Å². The molecule has 0 aliphatic carbocycles. The van der Waals surface area contributed by atoms with E-state index in [1.807, 2.05) is 60.7 Å². The van der Waals surface area contributed by atoms with Gasteiger partial charge in [-0.1, -0.05) is 170 Å². The fraction of sp³-hybridized carbons (Fsp3) is 0. The maximum Gasteiger partial charge on any atom is 0.164 e. The number of benzene rings is 9. The van der Waals surface area contributed by atoms with Crippen LogP contribution in [-0.2, 0) is 0 Å². The van der Waals surface area contributed by atoms with Gasteiger partial charge in [-0.15, -0.1) is 0 Å². The Bertz CT molecular complexity index is 3190. The molecule has 0 spiro atoms. The zero-order valence-electron chi connectivity index (χ0n) is 32.0. The molecule has 0 unspecified atom stereocenters. The molecule has 276 valence electrons. The normalized spacial score (nSPS) is 11.4. The molecule has 4 nitrogen and oxygen atoms in total. The van der Waals surface area contributed by atoms with E-state index in [-0.39, 0.29) is 0 Å². The Morgan fingerprint density at radius 1 is 0.288 bits per heavy atom. The van der Waals surface area contributed by atoms with Crippen molar-refractivity contribution in [3.63, 3.8) is 0 Å². The van der Waals surface area contributed by atoms with E-state index in [1.54, 1.807) is 0 Å². The molecule has 0 amide bonds. The molecule has 2 aromatic heterocycles. The highest BCUT2D eigenvalue weighted by atomic mass is 16.3. The molecule has 59 heavy (non-hydrogen) atoms. The summed E-state index contributed by atoms with van der Waals surface area (Å²) in [5, 5.41) is 4.54. The topological polar surface area (TPSA) is 51.8 Å². The summed E-state index contributed by atoms with van der Waals surface area (Å²) in [6.45, 7) is 0. The van der Waals surface area contributed by atoms with Crippen molar-refractivity contribution in [2.75, 3.05) is 0 Å². The molecule has 0 atom stereocenters. The molecule has 0 aliphatic rings. The second kappa shape index (κ2) is 14.5. The van der Waals surface area contributed by atoms with Crippen molar-refractivity contribution in [1.29, 1.82) is 0 Å². The van der Waals surface area contributed by atoms with Crippen LogP contribution in [0.2, 0.25) is 0 Å². The van der Waals surface area contributed by atoms with Gasteiger partial charge in [0.1, 0.15) is 11.2 Å². The van der Waals surface area contributed by atoms with Gasteiger partial charge in [-0.2, -0.15) is 0 Å². The van der Waals surface area contributed by atoms with Gasteiger partial charge in [-0.25, -0.2) is 15.0 Å². The van der Waals surface area contributed by atoms with Gasteiger partial charge in [0.05, 0.1) is 0 Å². The van der Waals surface area contributed by atoms with Crippen LogP contribution in [0.5, 0.6) is 0 Å². The Morgan fingerprint density at radius 2 is 0.746 bits per heavy atom. The predicted octanol–water partition coefficient (Wildman–Crippen LogP) is 14.6. The second-order valence-electron chi connectivity index (χ2n) is 14.8.